The largest absolute Gasteiger partial charge is 0.330 e. The number of likely N-dealkylation sites (tertiary alicyclic amines) is 1. The van der Waals surface area contributed by atoms with Crippen LogP contribution in [0.25, 0.3) is 0 Å². The fourth-order valence-electron chi connectivity index (χ4n) is 2.32. The van der Waals surface area contributed by atoms with E-state index >= 15 is 0 Å². The van der Waals surface area contributed by atoms with Crippen molar-refractivity contribution in [1.29, 1.82) is 0 Å². The Labute approximate surface area is 118 Å². The molecule has 1 saturated heterocycles. The summed E-state index contributed by atoms with van der Waals surface area (Å²) in [6.45, 7) is 6.98. The molecule has 2 N–H and O–H groups in total. The molecule has 1 aliphatic heterocycles. The van der Waals surface area contributed by atoms with Gasteiger partial charge in [-0.05, 0) is 52.1 Å². The van der Waals surface area contributed by atoms with Crippen molar-refractivity contribution in [3.63, 3.8) is 0 Å². The van der Waals surface area contributed by atoms with Gasteiger partial charge in [-0.15, -0.1) is 12.4 Å². The standard InChI is InChI=1S/C12H26N2O2S.ClH/c1-11(2)17(15,16)9-8-14-7-3-4-12(10-14)5-6-13;/h11-12H,3-10,13H2,1-2H3;1H. The first-order chi connectivity index (χ1) is 7.95. The molecule has 0 spiro atoms. The van der Waals surface area contributed by atoms with Crippen molar-refractivity contribution >= 4 is 22.2 Å². The fourth-order valence-corrected chi connectivity index (χ4v) is 3.30. The molecule has 6 heteroatoms. The van der Waals surface area contributed by atoms with Crippen LogP contribution in [0, 0.1) is 5.92 Å². The maximum absolute atomic E-state index is 11.7. The van der Waals surface area contributed by atoms with Gasteiger partial charge < -0.3 is 10.6 Å². The predicted molar refractivity (Wildman–Crippen MR) is 79.0 cm³/mol. The van der Waals surface area contributed by atoms with Crippen LogP contribution >= 0.6 is 12.4 Å². The van der Waals surface area contributed by atoms with E-state index in [1.165, 1.54) is 12.8 Å². The Hall–Kier alpha value is 0.160. The van der Waals surface area contributed by atoms with Crippen LogP contribution in [0.5, 0.6) is 0 Å². The molecule has 110 valence electrons. The monoisotopic (exact) mass is 298 g/mol. The second kappa shape index (κ2) is 8.35. The molecule has 1 atom stereocenters. The molecular formula is C12H27ClN2O2S. The molecule has 0 amide bonds. The second-order valence-electron chi connectivity index (χ2n) is 5.30. The molecule has 0 saturated carbocycles. The average Bonchev–Trinajstić information content (AvgIpc) is 2.27. The molecule has 0 bridgehead atoms. The molecule has 0 aromatic carbocycles. The van der Waals surface area contributed by atoms with Crippen LogP contribution in [0.15, 0.2) is 0 Å². The van der Waals surface area contributed by atoms with Gasteiger partial charge in [-0.1, -0.05) is 0 Å². The molecule has 1 heterocycles. The van der Waals surface area contributed by atoms with E-state index in [9.17, 15) is 8.42 Å². The van der Waals surface area contributed by atoms with Gasteiger partial charge in [0.1, 0.15) is 0 Å². The molecule has 1 unspecified atom stereocenters. The van der Waals surface area contributed by atoms with Gasteiger partial charge in [-0.2, -0.15) is 0 Å². The van der Waals surface area contributed by atoms with Gasteiger partial charge in [-0.3, -0.25) is 0 Å². The Balaban J connectivity index is 0.00000289. The highest BCUT2D eigenvalue weighted by Crippen LogP contribution is 2.19. The number of nitrogens with two attached hydrogens (primary N) is 1. The van der Waals surface area contributed by atoms with Crippen molar-refractivity contribution < 1.29 is 8.42 Å². The number of hydrogen-bond acceptors (Lipinski definition) is 4. The van der Waals surface area contributed by atoms with Crippen LogP contribution in [-0.2, 0) is 9.84 Å². The van der Waals surface area contributed by atoms with Crippen LogP contribution in [-0.4, -0.2) is 50.5 Å². The van der Waals surface area contributed by atoms with Crippen molar-refractivity contribution in [3.05, 3.63) is 0 Å². The van der Waals surface area contributed by atoms with Crippen molar-refractivity contribution in [2.24, 2.45) is 11.7 Å². The van der Waals surface area contributed by atoms with Crippen molar-refractivity contribution in [1.82, 2.24) is 4.90 Å². The van der Waals surface area contributed by atoms with E-state index in [1.54, 1.807) is 13.8 Å². The summed E-state index contributed by atoms with van der Waals surface area (Å²) in [4.78, 5) is 2.28. The summed E-state index contributed by atoms with van der Waals surface area (Å²) in [5, 5.41) is -0.257. The van der Waals surface area contributed by atoms with E-state index in [4.69, 9.17) is 5.73 Å². The van der Waals surface area contributed by atoms with E-state index in [-0.39, 0.29) is 17.7 Å². The number of nitrogens with zero attached hydrogens (tertiary/aromatic N) is 1. The zero-order chi connectivity index (χ0) is 12.9. The molecule has 18 heavy (non-hydrogen) atoms. The summed E-state index contributed by atoms with van der Waals surface area (Å²) < 4.78 is 23.5. The van der Waals surface area contributed by atoms with Gasteiger partial charge in [0, 0.05) is 13.1 Å². The highest BCUT2D eigenvalue weighted by molar-refractivity contribution is 7.92. The molecule has 0 aromatic heterocycles. The molecule has 0 radical (unpaired) electrons. The Morgan fingerprint density at radius 1 is 1.39 bits per heavy atom. The Kier molecular flexibility index (Phi) is 8.43. The number of piperidine rings is 1. The summed E-state index contributed by atoms with van der Waals surface area (Å²) in [6, 6.07) is 0. The quantitative estimate of drug-likeness (QED) is 0.803. The van der Waals surface area contributed by atoms with E-state index in [1.807, 2.05) is 0 Å². The van der Waals surface area contributed by atoms with Gasteiger partial charge in [0.05, 0.1) is 11.0 Å². The minimum absolute atomic E-state index is 0. The van der Waals surface area contributed by atoms with E-state index in [0.717, 1.165) is 26.1 Å². The Morgan fingerprint density at radius 3 is 2.61 bits per heavy atom. The van der Waals surface area contributed by atoms with Gasteiger partial charge in [0.25, 0.3) is 0 Å². The number of hydrogen-bond donors (Lipinski definition) is 1. The lowest BCUT2D eigenvalue weighted by atomic mass is 9.95. The van der Waals surface area contributed by atoms with E-state index in [0.29, 0.717) is 18.2 Å². The highest BCUT2D eigenvalue weighted by Gasteiger charge is 2.22. The van der Waals surface area contributed by atoms with Gasteiger partial charge in [0.2, 0.25) is 0 Å². The zero-order valence-corrected chi connectivity index (χ0v) is 13.1. The van der Waals surface area contributed by atoms with Crippen LogP contribution < -0.4 is 5.73 Å². The van der Waals surface area contributed by atoms with E-state index < -0.39 is 9.84 Å². The average molecular weight is 299 g/mol. The summed E-state index contributed by atoms with van der Waals surface area (Å²) in [6.07, 6.45) is 3.48. The van der Waals surface area contributed by atoms with Gasteiger partial charge in [0.15, 0.2) is 9.84 Å². The first-order valence-electron chi connectivity index (χ1n) is 6.59. The smallest absolute Gasteiger partial charge is 0.153 e. The minimum Gasteiger partial charge on any atom is -0.330 e. The van der Waals surface area contributed by atoms with Crippen LogP contribution in [0.4, 0.5) is 0 Å². The molecule has 4 nitrogen and oxygen atoms in total. The summed E-state index contributed by atoms with van der Waals surface area (Å²) in [7, 11) is -2.89. The fraction of sp³-hybridized carbons (Fsp3) is 1.00. The third-order valence-electron chi connectivity index (χ3n) is 3.59. The van der Waals surface area contributed by atoms with Crippen LogP contribution in [0.1, 0.15) is 33.1 Å². The summed E-state index contributed by atoms with van der Waals surface area (Å²) in [5.41, 5.74) is 5.57. The molecule has 1 rings (SSSR count). The number of sulfone groups is 1. The third-order valence-corrected chi connectivity index (χ3v) is 5.78. The van der Waals surface area contributed by atoms with Crippen molar-refractivity contribution in [2.45, 2.75) is 38.4 Å². The SMILES string of the molecule is CC(C)S(=O)(=O)CCN1CCCC(CCN)C1.Cl. The molecule has 1 fully saturated rings. The van der Waals surface area contributed by atoms with Gasteiger partial charge >= 0.3 is 0 Å². The molecular weight excluding hydrogens is 272 g/mol. The molecule has 0 aliphatic carbocycles. The predicted octanol–water partition coefficient (Wildman–Crippen LogP) is 1.29. The zero-order valence-electron chi connectivity index (χ0n) is 11.5. The first kappa shape index (κ1) is 18.2. The lowest BCUT2D eigenvalue weighted by Gasteiger charge is -2.32. The first-order valence-corrected chi connectivity index (χ1v) is 8.31. The Bertz CT molecular complexity index is 318. The summed E-state index contributed by atoms with van der Waals surface area (Å²) in [5.74, 6) is 0.954. The highest BCUT2D eigenvalue weighted by atomic mass is 35.5. The minimum atomic E-state index is -2.89. The third kappa shape index (κ3) is 5.87. The normalized spacial score (nSPS) is 21.9. The molecule has 0 aromatic rings. The Morgan fingerprint density at radius 2 is 2.06 bits per heavy atom. The lowest BCUT2D eigenvalue weighted by Crippen LogP contribution is -2.39. The number of rotatable bonds is 6. The lowest BCUT2D eigenvalue weighted by molar-refractivity contribution is 0.178. The van der Waals surface area contributed by atoms with Gasteiger partial charge in [-0.25, -0.2) is 8.42 Å². The van der Waals surface area contributed by atoms with Crippen molar-refractivity contribution in [2.75, 3.05) is 31.9 Å². The van der Waals surface area contributed by atoms with E-state index in [2.05, 4.69) is 4.90 Å². The maximum Gasteiger partial charge on any atom is 0.153 e. The van der Waals surface area contributed by atoms with Crippen LogP contribution in [0.2, 0.25) is 0 Å². The topological polar surface area (TPSA) is 63.4 Å². The van der Waals surface area contributed by atoms with Crippen LogP contribution in [0.3, 0.4) is 0 Å². The maximum atomic E-state index is 11.7. The van der Waals surface area contributed by atoms with Crippen molar-refractivity contribution in [3.8, 4) is 0 Å². The summed E-state index contributed by atoms with van der Waals surface area (Å²) >= 11 is 0. The molecule has 1 aliphatic rings. The second-order valence-corrected chi connectivity index (χ2v) is 7.98. The number of halogens is 1.